The zero-order valence-corrected chi connectivity index (χ0v) is 13.6. The monoisotopic (exact) mass is 293 g/mol. The molecule has 0 radical (unpaired) electrons. The number of benzene rings is 1. The van der Waals surface area contributed by atoms with E-state index < -0.39 is 0 Å². The normalized spacial score (nSPS) is 11.9. The SMILES string of the molecule is CCN(CC)CCn1c(C(C)C)nc2ccc(Cl)cc21. The van der Waals surface area contributed by atoms with Crippen LogP contribution in [0.5, 0.6) is 0 Å². The molecule has 0 spiro atoms. The molecule has 0 atom stereocenters. The summed E-state index contributed by atoms with van der Waals surface area (Å²) in [5.74, 6) is 1.56. The lowest BCUT2D eigenvalue weighted by Gasteiger charge is -2.20. The number of nitrogens with zero attached hydrogens (tertiary/aromatic N) is 3. The van der Waals surface area contributed by atoms with Gasteiger partial charge in [0, 0.05) is 24.0 Å². The van der Waals surface area contributed by atoms with Gasteiger partial charge in [0.05, 0.1) is 11.0 Å². The van der Waals surface area contributed by atoms with Crippen molar-refractivity contribution in [1.29, 1.82) is 0 Å². The average molecular weight is 294 g/mol. The van der Waals surface area contributed by atoms with Crippen molar-refractivity contribution in [3.05, 3.63) is 29.0 Å². The van der Waals surface area contributed by atoms with Crippen LogP contribution in [0, 0.1) is 0 Å². The third-order valence-electron chi connectivity index (χ3n) is 3.79. The van der Waals surface area contributed by atoms with Gasteiger partial charge in [-0.25, -0.2) is 4.98 Å². The van der Waals surface area contributed by atoms with Gasteiger partial charge in [-0.2, -0.15) is 0 Å². The van der Waals surface area contributed by atoms with E-state index in [0.29, 0.717) is 5.92 Å². The Hall–Kier alpha value is -1.06. The lowest BCUT2D eigenvalue weighted by molar-refractivity contribution is 0.290. The van der Waals surface area contributed by atoms with E-state index in [1.54, 1.807) is 0 Å². The van der Waals surface area contributed by atoms with Crippen molar-refractivity contribution in [2.24, 2.45) is 0 Å². The summed E-state index contributed by atoms with van der Waals surface area (Å²) in [6.45, 7) is 13.0. The number of hydrogen-bond donors (Lipinski definition) is 0. The van der Waals surface area contributed by atoms with E-state index in [1.165, 1.54) is 0 Å². The first-order valence-electron chi connectivity index (χ1n) is 7.44. The molecule has 0 unspecified atom stereocenters. The van der Waals surface area contributed by atoms with Gasteiger partial charge in [-0.05, 0) is 31.3 Å². The third-order valence-corrected chi connectivity index (χ3v) is 4.03. The summed E-state index contributed by atoms with van der Waals surface area (Å²) in [4.78, 5) is 7.20. The fourth-order valence-electron chi connectivity index (χ4n) is 2.57. The van der Waals surface area contributed by atoms with Crippen molar-refractivity contribution in [2.45, 2.75) is 40.2 Å². The number of imidazole rings is 1. The van der Waals surface area contributed by atoms with E-state index in [1.807, 2.05) is 18.2 Å². The molecule has 0 aliphatic heterocycles. The van der Waals surface area contributed by atoms with Crippen LogP contribution in [0.15, 0.2) is 18.2 Å². The smallest absolute Gasteiger partial charge is 0.112 e. The standard InChI is InChI=1S/C16H24ClN3/c1-5-19(6-2)9-10-20-15-11-13(17)7-8-14(15)18-16(20)12(3)4/h7-8,11-12H,5-6,9-10H2,1-4H3. The summed E-state index contributed by atoms with van der Waals surface area (Å²) in [6, 6.07) is 5.95. The maximum atomic E-state index is 6.15. The van der Waals surface area contributed by atoms with Gasteiger partial charge < -0.3 is 9.47 Å². The number of hydrogen-bond acceptors (Lipinski definition) is 2. The van der Waals surface area contributed by atoms with Crippen LogP contribution in [0.3, 0.4) is 0 Å². The molecule has 1 aromatic heterocycles. The molecule has 0 aliphatic carbocycles. The summed E-state index contributed by atoms with van der Waals surface area (Å²) in [5.41, 5.74) is 2.19. The highest BCUT2D eigenvalue weighted by Crippen LogP contribution is 2.24. The van der Waals surface area contributed by atoms with Gasteiger partial charge >= 0.3 is 0 Å². The molecule has 1 aromatic carbocycles. The Balaban J connectivity index is 2.37. The number of aromatic nitrogens is 2. The minimum absolute atomic E-state index is 0.415. The molecule has 2 aromatic rings. The Morgan fingerprint density at radius 2 is 1.95 bits per heavy atom. The van der Waals surface area contributed by atoms with Crippen LogP contribution in [0.4, 0.5) is 0 Å². The van der Waals surface area contributed by atoms with Crippen LogP contribution in [0.25, 0.3) is 11.0 Å². The van der Waals surface area contributed by atoms with Crippen LogP contribution in [-0.4, -0.2) is 34.1 Å². The molecule has 0 bridgehead atoms. The maximum Gasteiger partial charge on any atom is 0.112 e. The second-order valence-electron chi connectivity index (χ2n) is 5.44. The fraction of sp³-hybridized carbons (Fsp3) is 0.562. The van der Waals surface area contributed by atoms with Gasteiger partial charge in [-0.1, -0.05) is 39.3 Å². The first-order valence-corrected chi connectivity index (χ1v) is 7.82. The van der Waals surface area contributed by atoms with Crippen LogP contribution in [0.1, 0.15) is 39.4 Å². The molecule has 0 aliphatic rings. The molecular weight excluding hydrogens is 270 g/mol. The van der Waals surface area contributed by atoms with E-state index in [2.05, 4.69) is 37.2 Å². The van der Waals surface area contributed by atoms with E-state index >= 15 is 0 Å². The zero-order chi connectivity index (χ0) is 14.7. The third kappa shape index (κ3) is 3.15. The van der Waals surface area contributed by atoms with Crippen LogP contribution >= 0.6 is 11.6 Å². The Morgan fingerprint density at radius 1 is 1.25 bits per heavy atom. The molecule has 0 saturated carbocycles. The summed E-state index contributed by atoms with van der Waals surface area (Å²) < 4.78 is 2.32. The molecule has 110 valence electrons. The highest BCUT2D eigenvalue weighted by Gasteiger charge is 2.14. The quantitative estimate of drug-likeness (QED) is 0.797. The van der Waals surface area contributed by atoms with Crippen molar-refractivity contribution in [1.82, 2.24) is 14.5 Å². The molecule has 20 heavy (non-hydrogen) atoms. The average Bonchev–Trinajstić information content (AvgIpc) is 2.78. The topological polar surface area (TPSA) is 21.1 Å². The van der Waals surface area contributed by atoms with Gasteiger partial charge in [0.25, 0.3) is 0 Å². The molecule has 3 nitrogen and oxygen atoms in total. The maximum absolute atomic E-state index is 6.15. The van der Waals surface area contributed by atoms with Crippen molar-refractivity contribution in [3.63, 3.8) is 0 Å². The fourth-order valence-corrected chi connectivity index (χ4v) is 2.74. The number of halogens is 1. The number of fused-ring (bicyclic) bond motifs is 1. The molecule has 4 heteroatoms. The highest BCUT2D eigenvalue weighted by molar-refractivity contribution is 6.31. The van der Waals surface area contributed by atoms with Crippen molar-refractivity contribution >= 4 is 22.6 Å². The Bertz CT molecular complexity index is 570. The predicted octanol–water partition coefficient (Wildman–Crippen LogP) is 4.15. The van der Waals surface area contributed by atoms with Crippen molar-refractivity contribution in [2.75, 3.05) is 19.6 Å². The van der Waals surface area contributed by atoms with Crippen LogP contribution < -0.4 is 0 Å². The molecule has 0 saturated heterocycles. The highest BCUT2D eigenvalue weighted by atomic mass is 35.5. The van der Waals surface area contributed by atoms with Gasteiger partial charge in [0.1, 0.15) is 5.82 Å². The first-order chi connectivity index (χ1) is 9.56. The first kappa shape index (κ1) is 15.3. The second-order valence-corrected chi connectivity index (χ2v) is 5.87. The minimum Gasteiger partial charge on any atom is -0.326 e. The molecule has 0 amide bonds. The van der Waals surface area contributed by atoms with E-state index in [0.717, 1.165) is 48.1 Å². The Labute approximate surface area is 126 Å². The lowest BCUT2D eigenvalue weighted by Crippen LogP contribution is -2.27. The van der Waals surface area contributed by atoms with Crippen LogP contribution in [-0.2, 0) is 6.54 Å². The van der Waals surface area contributed by atoms with E-state index in [-0.39, 0.29) is 0 Å². The minimum atomic E-state index is 0.415. The van der Waals surface area contributed by atoms with Crippen molar-refractivity contribution in [3.8, 4) is 0 Å². The molecule has 1 heterocycles. The lowest BCUT2D eigenvalue weighted by atomic mass is 10.2. The van der Waals surface area contributed by atoms with Crippen LogP contribution in [0.2, 0.25) is 5.02 Å². The van der Waals surface area contributed by atoms with E-state index in [4.69, 9.17) is 16.6 Å². The van der Waals surface area contributed by atoms with E-state index in [9.17, 15) is 0 Å². The Morgan fingerprint density at radius 3 is 2.55 bits per heavy atom. The van der Waals surface area contributed by atoms with Gasteiger partial charge in [-0.15, -0.1) is 0 Å². The summed E-state index contributed by atoms with van der Waals surface area (Å²) in [6.07, 6.45) is 0. The molecular formula is C16H24ClN3. The largest absolute Gasteiger partial charge is 0.326 e. The molecule has 2 rings (SSSR count). The summed E-state index contributed by atoms with van der Waals surface area (Å²) in [5, 5.41) is 0.775. The Kier molecular flexibility index (Phi) is 5.06. The zero-order valence-electron chi connectivity index (χ0n) is 12.9. The van der Waals surface area contributed by atoms with Crippen molar-refractivity contribution < 1.29 is 0 Å². The summed E-state index contributed by atoms with van der Waals surface area (Å²) in [7, 11) is 0. The van der Waals surface area contributed by atoms with Gasteiger partial charge in [0.2, 0.25) is 0 Å². The summed E-state index contributed by atoms with van der Waals surface area (Å²) >= 11 is 6.15. The molecule has 0 N–H and O–H groups in total. The number of likely N-dealkylation sites (N-methyl/N-ethyl adjacent to an activating group) is 1. The van der Waals surface area contributed by atoms with Gasteiger partial charge in [-0.3, -0.25) is 0 Å². The number of rotatable bonds is 6. The predicted molar refractivity (Wildman–Crippen MR) is 86.6 cm³/mol. The van der Waals surface area contributed by atoms with Gasteiger partial charge in [0.15, 0.2) is 0 Å². The molecule has 0 fully saturated rings. The second kappa shape index (κ2) is 6.59.